The molecule has 0 spiro atoms. The number of hydrogen-bond donors (Lipinski definition) is 1. The number of hydrogen-bond acceptors (Lipinski definition) is 5. The van der Waals surface area contributed by atoms with Crippen molar-refractivity contribution in [3.8, 4) is 0 Å². The number of carbonyl (C=O) groups excluding carboxylic acids is 2. The molecular formula is C25H28N4O4. The van der Waals surface area contributed by atoms with Crippen molar-refractivity contribution in [2.24, 2.45) is 0 Å². The molecule has 2 aliphatic rings. The van der Waals surface area contributed by atoms with E-state index in [1.165, 1.54) is 4.57 Å². The van der Waals surface area contributed by atoms with E-state index in [0.717, 1.165) is 56.6 Å². The maximum Gasteiger partial charge on any atom is 0.420 e. The Hall–Kier alpha value is -3.55. The number of nitrogens with one attached hydrogen (secondary N) is 1. The number of carbonyl (C=O) groups is 2. The number of para-hydroxylation sites is 1. The minimum atomic E-state index is -0.567. The summed E-state index contributed by atoms with van der Waals surface area (Å²) in [6.45, 7) is 2.19. The van der Waals surface area contributed by atoms with Crippen molar-refractivity contribution in [1.29, 1.82) is 0 Å². The second-order valence-electron chi connectivity index (χ2n) is 8.89. The molecule has 8 heteroatoms. The van der Waals surface area contributed by atoms with Crippen LogP contribution in [0.5, 0.6) is 0 Å². The zero-order valence-electron chi connectivity index (χ0n) is 18.8. The van der Waals surface area contributed by atoms with Crippen LogP contribution in [-0.4, -0.2) is 48.0 Å². The van der Waals surface area contributed by atoms with E-state index in [4.69, 9.17) is 4.42 Å². The van der Waals surface area contributed by atoms with Crippen LogP contribution >= 0.6 is 0 Å². The number of aromatic nitrogens is 1. The fraction of sp³-hybridized carbons (Fsp3) is 0.400. The number of benzene rings is 2. The largest absolute Gasteiger partial charge is 0.420 e. The molecule has 1 fully saturated rings. The standard InChI is InChI=1S/C25H28N4O4/c1-27-14-11-19(18-7-3-4-8-20(18)27)24(31)26-17-9-10-22-21(15-17)29(25(32)33-22)16-23(30)28-12-5-2-6-13-28/h3-4,7-10,15,19H,2,5-6,11-14,16H2,1H3,(H,26,31). The molecule has 0 radical (unpaired) electrons. The fourth-order valence-electron chi connectivity index (χ4n) is 4.90. The van der Waals surface area contributed by atoms with Gasteiger partial charge >= 0.3 is 5.76 Å². The maximum absolute atomic E-state index is 13.2. The summed E-state index contributed by atoms with van der Waals surface area (Å²) < 4.78 is 6.69. The summed E-state index contributed by atoms with van der Waals surface area (Å²) in [5.41, 5.74) is 3.56. The van der Waals surface area contributed by atoms with Crippen LogP contribution in [0.4, 0.5) is 11.4 Å². The van der Waals surface area contributed by atoms with E-state index >= 15 is 0 Å². The van der Waals surface area contributed by atoms with Crippen LogP contribution < -0.4 is 16.0 Å². The number of fused-ring (bicyclic) bond motifs is 2. The van der Waals surface area contributed by atoms with E-state index in [9.17, 15) is 14.4 Å². The zero-order chi connectivity index (χ0) is 22.9. The first-order chi connectivity index (χ1) is 16.0. The highest BCUT2D eigenvalue weighted by Crippen LogP contribution is 2.35. The van der Waals surface area contributed by atoms with Crippen molar-refractivity contribution in [2.45, 2.75) is 38.1 Å². The lowest BCUT2D eigenvalue weighted by molar-refractivity contribution is -0.132. The lowest BCUT2D eigenvalue weighted by atomic mass is 9.89. The fourth-order valence-corrected chi connectivity index (χ4v) is 4.90. The Bertz CT molecular complexity index is 1250. The molecule has 0 saturated carbocycles. The molecular weight excluding hydrogens is 420 g/mol. The predicted molar refractivity (Wildman–Crippen MR) is 127 cm³/mol. The average molecular weight is 449 g/mol. The van der Waals surface area contributed by atoms with Crippen LogP contribution in [-0.2, 0) is 16.1 Å². The second-order valence-corrected chi connectivity index (χ2v) is 8.89. The monoisotopic (exact) mass is 448 g/mol. The predicted octanol–water partition coefficient (Wildman–Crippen LogP) is 3.17. The SMILES string of the molecule is CN1CCC(C(=O)Nc2ccc3oc(=O)n(CC(=O)N4CCCCC4)c3c2)c2ccccc21. The highest BCUT2D eigenvalue weighted by molar-refractivity contribution is 5.98. The zero-order valence-corrected chi connectivity index (χ0v) is 18.8. The molecule has 2 aliphatic heterocycles. The minimum Gasteiger partial charge on any atom is -0.408 e. The Morgan fingerprint density at radius 1 is 1.06 bits per heavy atom. The number of piperidine rings is 1. The molecule has 0 aliphatic carbocycles. The van der Waals surface area contributed by atoms with Crippen molar-refractivity contribution in [2.75, 3.05) is 36.9 Å². The van der Waals surface area contributed by atoms with E-state index in [2.05, 4.69) is 10.2 Å². The molecule has 1 unspecified atom stereocenters. The summed E-state index contributed by atoms with van der Waals surface area (Å²) in [6.07, 6.45) is 3.83. The molecule has 3 heterocycles. The third kappa shape index (κ3) is 4.13. The quantitative estimate of drug-likeness (QED) is 0.662. The molecule has 0 bridgehead atoms. The van der Waals surface area contributed by atoms with Crippen molar-refractivity contribution < 1.29 is 14.0 Å². The van der Waals surface area contributed by atoms with Crippen molar-refractivity contribution in [1.82, 2.24) is 9.47 Å². The Balaban J connectivity index is 1.38. The number of anilines is 2. The molecule has 1 saturated heterocycles. The van der Waals surface area contributed by atoms with Crippen molar-refractivity contribution >= 4 is 34.3 Å². The van der Waals surface area contributed by atoms with Gasteiger partial charge in [-0.15, -0.1) is 0 Å². The molecule has 8 nitrogen and oxygen atoms in total. The van der Waals surface area contributed by atoms with Gasteiger partial charge in [-0.25, -0.2) is 4.79 Å². The Morgan fingerprint density at radius 3 is 2.67 bits per heavy atom. The first-order valence-electron chi connectivity index (χ1n) is 11.5. The maximum atomic E-state index is 13.2. The molecule has 33 heavy (non-hydrogen) atoms. The molecule has 172 valence electrons. The van der Waals surface area contributed by atoms with Gasteiger partial charge in [0.15, 0.2) is 5.58 Å². The first-order valence-corrected chi connectivity index (χ1v) is 11.5. The van der Waals surface area contributed by atoms with Crippen molar-refractivity contribution in [3.05, 3.63) is 58.6 Å². The Morgan fingerprint density at radius 2 is 1.85 bits per heavy atom. The number of amides is 2. The summed E-state index contributed by atoms with van der Waals surface area (Å²) in [5, 5.41) is 3.00. The van der Waals surface area contributed by atoms with Crippen LogP contribution in [0.15, 0.2) is 51.7 Å². The summed E-state index contributed by atoms with van der Waals surface area (Å²) in [4.78, 5) is 42.3. The van der Waals surface area contributed by atoms with Gasteiger partial charge in [0.2, 0.25) is 11.8 Å². The van der Waals surface area contributed by atoms with Gasteiger partial charge in [0.25, 0.3) is 0 Å². The van der Waals surface area contributed by atoms with Crippen molar-refractivity contribution in [3.63, 3.8) is 0 Å². The molecule has 5 rings (SSSR count). The lowest BCUT2D eigenvalue weighted by Crippen LogP contribution is -2.39. The summed E-state index contributed by atoms with van der Waals surface area (Å²) in [5.74, 6) is -0.989. The molecule has 3 aromatic rings. The van der Waals surface area contributed by atoms with Crippen LogP contribution in [0, 0.1) is 0 Å². The Labute approximate surface area is 191 Å². The van der Waals surface area contributed by atoms with Crippen LogP contribution in [0.3, 0.4) is 0 Å². The van der Waals surface area contributed by atoms with Gasteiger partial charge < -0.3 is 19.5 Å². The van der Waals surface area contributed by atoms with E-state index in [1.54, 1.807) is 23.1 Å². The first kappa shape index (κ1) is 21.3. The number of oxazole rings is 1. The number of rotatable bonds is 4. The van der Waals surface area contributed by atoms with E-state index in [1.807, 2.05) is 31.3 Å². The number of likely N-dealkylation sites (tertiary alicyclic amines) is 1. The molecule has 2 amide bonds. The Kier molecular flexibility index (Phi) is 5.66. The van der Waals surface area contributed by atoms with Gasteiger partial charge in [0.1, 0.15) is 6.54 Å². The summed E-state index contributed by atoms with van der Waals surface area (Å²) >= 11 is 0. The normalized spacial score (nSPS) is 18.3. The van der Waals surface area contributed by atoms with Crippen LogP contribution in [0.1, 0.15) is 37.2 Å². The van der Waals surface area contributed by atoms with E-state index in [-0.39, 0.29) is 24.3 Å². The van der Waals surface area contributed by atoms with Gasteiger partial charge in [-0.3, -0.25) is 14.2 Å². The van der Waals surface area contributed by atoms with Crippen LogP contribution in [0.2, 0.25) is 0 Å². The van der Waals surface area contributed by atoms with Gasteiger partial charge in [0, 0.05) is 38.1 Å². The summed E-state index contributed by atoms with van der Waals surface area (Å²) in [7, 11) is 2.03. The topological polar surface area (TPSA) is 87.8 Å². The van der Waals surface area contributed by atoms with Crippen LogP contribution in [0.25, 0.3) is 11.1 Å². The number of nitrogens with zero attached hydrogens (tertiary/aromatic N) is 3. The highest BCUT2D eigenvalue weighted by Gasteiger charge is 2.29. The van der Waals surface area contributed by atoms with Gasteiger partial charge in [-0.05, 0) is 55.5 Å². The lowest BCUT2D eigenvalue weighted by Gasteiger charge is -2.32. The van der Waals surface area contributed by atoms with Gasteiger partial charge in [0.05, 0.1) is 11.4 Å². The minimum absolute atomic E-state index is 0.0639. The van der Waals surface area contributed by atoms with Gasteiger partial charge in [-0.2, -0.15) is 0 Å². The molecule has 2 aromatic carbocycles. The molecule has 1 N–H and O–H groups in total. The molecule has 1 aromatic heterocycles. The third-order valence-electron chi connectivity index (χ3n) is 6.73. The highest BCUT2D eigenvalue weighted by atomic mass is 16.4. The smallest absolute Gasteiger partial charge is 0.408 e. The van der Waals surface area contributed by atoms with Gasteiger partial charge in [-0.1, -0.05) is 18.2 Å². The third-order valence-corrected chi connectivity index (χ3v) is 6.73. The van der Waals surface area contributed by atoms with E-state index < -0.39 is 5.76 Å². The second kappa shape index (κ2) is 8.77. The van der Waals surface area contributed by atoms with E-state index in [0.29, 0.717) is 16.8 Å². The average Bonchev–Trinajstić information content (AvgIpc) is 3.14. The molecule has 1 atom stereocenters. The summed E-state index contributed by atoms with van der Waals surface area (Å²) in [6, 6.07) is 13.1.